The van der Waals surface area contributed by atoms with Crippen LogP contribution in [0, 0.1) is 5.92 Å². The van der Waals surface area contributed by atoms with E-state index >= 15 is 0 Å². The van der Waals surface area contributed by atoms with Gasteiger partial charge in [0.25, 0.3) is 5.91 Å². The van der Waals surface area contributed by atoms with Crippen LogP contribution in [0.25, 0.3) is 0 Å². The van der Waals surface area contributed by atoms with Crippen LogP contribution in [0.2, 0.25) is 0 Å². The van der Waals surface area contributed by atoms with Gasteiger partial charge in [-0.1, -0.05) is 13.8 Å². The first-order chi connectivity index (χ1) is 12.0. The van der Waals surface area contributed by atoms with E-state index in [4.69, 9.17) is 9.47 Å². The van der Waals surface area contributed by atoms with Gasteiger partial charge in [-0.3, -0.25) is 9.59 Å². The van der Waals surface area contributed by atoms with Gasteiger partial charge in [0, 0.05) is 25.0 Å². The molecule has 0 unspecified atom stereocenters. The van der Waals surface area contributed by atoms with Crippen molar-refractivity contribution in [1.29, 1.82) is 0 Å². The lowest BCUT2D eigenvalue weighted by Gasteiger charge is -2.33. The van der Waals surface area contributed by atoms with Crippen LogP contribution in [0.1, 0.15) is 33.6 Å². The van der Waals surface area contributed by atoms with Gasteiger partial charge in [0.05, 0.1) is 6.61 Å². The van der Waals surface area contributed by atoms with Crippen LogP contribution in [0.4, 0.5) is 0 Å². The van der Waals surface area contributed by atoms with Crippen LogP contribution in [0.15, 0.2) is 24.3 Å². The van der Waals surface area contributed by atoms with Crippen molar-refractivity contribution >= 4 is 11.8 Å². The van der Waals surface area contributed by atoms with E-state index in [-0.39, 0.29) is 30.4 Å². The smallest absolute Gasteiger partial charge is 0.258 e. The largest absolute Gasteiger partial charge is 0.494 e. The molecule has 0 atom stereocenters. The Balaban J connectivity index is 1.70. The van der Waals surface area contributed by atoms with Gasteiger partial charge in [-0.2, -0.15) is 0 Å². The number of hydrogen-bond donors (Lipinski definition) is 1. The summed E-state index contributed by atoms with van der Waals surface area (Å²) in [6, 6.07) is 7.31. The average molecular weight is 348 g/mol. The van der Waals surface area contributed by atoms with Crippen LogP contribution < -0.4 is 14.8 Å². The molecule has 1 saturated heterocycles. The van der Waals surface area contributed by atoms with Crippen LogP contribution >= 0.6 is 0 Å². The number of hydrogen-bond acceptors (Lipinski definition) is 4. The fourth-order valence-electron chi connectivity index (χ4n) is 2.83. The summed E-state index contributed by atoms with van der Waals surface area (Å²) in [5, 5.41) is 2.98. The molecule has 0 spiro atoms. The molecule has 1 fully saturated rings. The maximum atomic E-state index is 12.0. The molecule has 0 bridgehead atoms. The zero-order valence-corrected chi connectivity index (χ0v) is 15.3. The van der Waals surface area contributed by atoms with Crippen LogP contribution in [0.5, 0.6) is 11.5 Å². The van der Waals surface area contributed by atoms with Crippen molar-refractivity contribution in [3.8, 4) is 11.5 Å². The number of piperidine rings is 1. The SMILES string of the molecule is CCOc1ccc(OCC(=O)NC2CCN(C(=O)C(C)C)CC2)cc1. The minimum absolute atomic E-state index is 0.0148. The Morgan fingerprint density at radius 2 is 1.68 bits per heavy atom. The first-order valence-corrected chi connectivity index (χ1v) is 8.93. The Labute approximate surface area is 149 Å². The average Bonchev–Trinajstić information content (AvgIpc) is 2.61. The monoisotopic (exact) mass is 348 g/mol. The summed E-state index contributed by atoms with van der Waals surface area (Å²) in [5.74, 6) is 1.48. The zero-order valence-electron chi connectivity index (χ0n) is 15.3. The first-order valence-electron chi connectivity index (χ1n) is 8.93. The number of benzene rings is 1. The van der Waals surface area contributed by atoms with Gasteiger partial charge in [0.15, 0.2) is 6.61 Å². The van der Waals surface area contributed by atoms with Crippen molar-refractivity contribution in [2.24, 2.45) is 5.92 Å². The lowest BCUT2D eigenvalue weighted by atomic mass is 10.0. The summed E-state index contributed by atoms with van der Waals surface area (Å²) >= 11 is 0. The van der Waals surface area contributed by atoms with Gasteiger partial charge >= 0.3 is 0 Å². The molecular formula is C19H28N2O4. The van der Waals surface area contributed by atoms with E-state index in [0.29, 0.717) is 25.4 Å². The molecule has 1 aromatic rings. The molecule has 6 heteroatoms. The predicted octanol–water partition coefficient (Wildman–Crippen LogP) is 2.23. The lowest BCUT2D eigenvalue weighted by molar-refractivity contribution is -0.135. The van der Waals surface area contributed by atoms with E-state index in [1.54, 1.807) is 12.1 Å². The highest BCUT2D eigenvalue weighted by Crippen LogP contribution is 2.17. The maximum absolute atomic E-state index is 12.0. The van der Waals surface area contributed by atoms with Crippen molar-refractivity contribution in [2.45, 2.75) is 39.7 Å². The van der Waals surface area contributed by atoms with Gasteiger partial charge in [0.2, 0.25) is 5.91 Å². The molecule has 1 N–H and O–H groups in total. The number of likely N-dealkylation sites (tertiary alicyclic amines) is 1. The molecule has 0 radical (unpaired) electrons. The van der Waals surface area contributed by atoms with E-state index in [9.17, 15) is 9.59 Å². The molecule has 2 rings (SSSR count). The van der Waals surface area contributed by atoms with E-state index < -0.39 is 0 Å². The second-order valence-corrected chi connectivity index (χ2v) is 6.51. The van der Waals surface area contributed by atoms with Crippen molar-refractivity contribution in [3.63, 3.8) is 0 Å². The van der Waals surface area contributed by atoms with Gasteiger partial charge in [-0.15, -0.1) is 0 Å². The quantitative estimate of drug-likeness (QED) is 0.820. The first kappa shape index (κ1) is 19.1. The molecule has 138 valence electrons. The fourth-order valence-corrected chi connectivity index (χ4v) is 2.83. The van der Waals surface area contributed by atoms with Crippen molar-refractivity contribution in [2.75, 3.05) is 26.3 Å². The fraction of sp³-hybridized carbons (Fsp3) is 0.579. The summed E-state index contributed by atoms with van der Waals surface area (Å²) in [7, 11) is 0. The Morgan fingerprint density at radius 1 is 1.12 bits per heavy atom. The van der Waals surface area contributed by atoms with Crippen molar-refractivity contribution in [1.82, 2.24) is 10.2 Å². The normalized spacial score (nSPS) is 15.1. The molecular weight excluding hydrogens is 320 g/mol. The third kappa shape index (κ3) is 5.96. The second kappa shape index (κ2) is 9.30. The Kier molecular flexibility index (Phi) is 7.10. The van der Waals surface area contributed by atoms with Crippen LogP contribution in [0.3, 0.4) is 0 Å². The molecule has 0 aliphatic carbocycles. The second-order valence-electron chi connectivity index (χ2n) is 6.51. The summed E-state index contributed by atoms with van der Waals surface area (Å²) in [6.45, 7) is 7.74. The number of nitrogens with one attached hydrogen (secondary N) is 1. The van der Waals surface area contributed by atoms with E-state index in [1.165, 1.54) is 0 Å². The number of amides is 2. The lowest BCUT2D eigenvalue weighted by Crippen LogP contribution is -2.48. The zero-order chi connectivity index (χ0) is 18.2. The Morgan fingerprint density at radius 3 is 2.20 bits per heavy atom. The third-order valence-corrected chi connectivity index (χ3v) is 4.17. The molecule has 1 heterocycles. The molecule has 0 aromatic heterocycles. The maximum Gasteiger partial charge on any atom is 0.258 e. The molecule has 6 nitrogen and oxygen atoms in total. The van der Waals surface area contributed by atoms with E-state index in [2.05, 4.69) is 5.32 Å². The standard InChI is InChI=1S/C19H28N2O4/c1-4-24-16-5-7-17(8-6-16)25-13-18(22)20-15-9-11-21(12-10-15)19(23)14(2)3/h5-8,14-15H,4,9-13H2,1-3H3,(H,20,22). The number of rotatable bonds is 7. The highest BCUT2D eigenvalue weighted by molar-refractivity contribution is 5.79. The third-order valence-electron chi connectivity index (χ3n) is 4.17. The topological polar surface area (TPSA) is 67.9 Å². The molecule has 1 aromatic carbocycles. The van der Waals surface area contributed by atoms with Crippen molar-refractivity contribution in [3.05, 3.63) is 24.3 Å². The summed E-state index contributed by atoms with van der Waals surface area (Å²) < 4.78 is 10.9. The van der Waals surface area contributed by atoms with Gasteiger partial charge in [-0.05, 0) is 44.0 Å². The molecule has 2 amide bonds. The number of ether oxygens (including phenoxy) is 2. The molecule has 0 saturated carbocycles. The Bertz CT molecular complexity index is 563. The van der Waals surface area contributed by atoms with E-state index in [1.807, 2.05) is 37.8 Å². The minimum Gasteiger partial charge on any atom is -0.494 e. The molecule has 1 aliphatic heterocycles. The van der Waals surface area contributed by atoms with Crippen molar-refractivity contribution < 1.29 is 19.1 Å². The highest BCUT2D eigenvalue weighted by Gasteiger charge is 2.25. The number of nitrogens with zero attached hydrogens (tertiary/aromatic N) is 1. The van der Waals surface area contributed by atoms with Crippen LogP contribution in [-0.2, 0) is 9.59 Å². The summed E-state index contributed by atoms with van der Waals surface area (Å²) in [5.41, 5.74) is 0. The van der Waals surface area contributed by atoms with Gasteiger partial charge in [-0.25, -0.2) is 0 Å². The Hall–Kier alpha value is -2.24. The summed E-state index contributed by atoms with van der Waals surface area (Å²) in [4.78, 5) is 25.9. The molecule has 25 heavy (non-hydrogen) atoms. The van der Waals surface area contributed by atoms with E-state index in [0.717, 1.165) is 18.6 Å². The minimum atomic E-state index is -0.137. The predicted molar refractivity (Wildman–Crippen MR) is 95.7 cm³/mol. The molecule has 1 aliphatic rings. The highest BCUT2D eigenvalue weighted by atomic mass is 16.5. The van der Waals surface area contributed by atoms with Crippen LogP contribution in [-0.4, -0.2) is 49.1 Å². The van der Waals surface area contributed by atoms with Gasteiger partial charge in [0.1, 0.15) is 11.5 Å². The summed E-state index contributed by atoms with van der Waals surface area (Å²) in [6.07, 6.45) is 1.57. The number of carbonyl (C=O) groups excluding carboxylic acids is 2. The van der Waals surface area contributed by atoms with Gasteiger partial charge < -0.3 is 19.7 Å². The number of carbonyl (C=O) groups is 2.